The fourth-order valence-electron chi connectivity index (χ4n) is 1.80. The number of aryl methyl sites for hydroxylation is 2. The van der Waals surface area contributed by atoms with Crippen molar-refractivity contribution >= 4 is 17.2 Å². The lowest BCUT2D eigenvalue weighted by molar-refractivity contribution is 0.0949. The summed E-state index contributed by atoms with van der Waals surface area (Å²) in [5, 5.41) is 4.91. The van der Waals surface area contributed by atoms with E-state index in [0.29, 0.717) is 17.9 Å². The number of hydrogen-bond acceptors (Lipinski definition) is 3. The van der Waals surface area contributed by atoms with E-state index in [1.54, 1.807) is 11.3 Å². The first kappa shape index (κ1) is 11.9. The predicted octanol–water partition coefficient (Wildman–Crippen LogP) is 3.20. The Morgan fingerprint density at radius 3 is 2.65 bits per heavy atom. The summed E-state index contributed by atoms with van der Waals surface area (Å²) in [6, 6.07) is 3.98. The van der Waals surface area contributed by atoms with E-state index in [1.165, 1.54) is 0 Å². The summed E-state index contributed by atoms with van der Waals surface area (Å²) in [5.74, 6) is 1.43. The summed E-state index contributed by atoms with van der Waals surface area (Å²) >= 11 is 1.64. The molecule has 0 spiro atoms. The molecule has 0 fully saturated rings. The van der Waals surface area contributed by atoms with Crippen molar-refractivity contribution in [3.8, 4) is 0 Å². The van der Waals surface area contributed by atoms with Crippen LogP contribution in [0.3, 0.4) is 0 Å². The van der Waals surface area contributed by atoms with E-state index in [2.05, 4.69) is 5.32 Å². The highest BCUT2D eigenvalue weighted by Crippen LogP contribution is 2.20. The van der Waals surface area contributed by atoms with Crippen molar-refractivity contribution in [3.05, 3.63) is 45.0 Å². The molecule has 0 unspecified atom stereocenters. The van der Waals surface area contributed by atoms with Crippen LogP contribution in [0, 0.1) is 20.8 Å². The van der Waals surface area contributed by atoms with Gasteiger partial charge in [-0.1, -0.05) is 6.07 Å². The molecule has 4 heteroatoms. The third-order valence-electron chi connectivity index (χ3n) is 2.79. The van der Waals surface area contributed by atoms with Gasteiger partial charge in [-0.3, -0.25) is 4.79 Å². The molecular formula is C13H15NO2S. The lowest BCUT2D eigenvalue weighted by atomic mass is 10.1. The molecule has 1 amide bonds. The maximum absolute atomic E-state index is 12.0. The van der Waals surface area contributed by atoms with E-state index in [0.717, 1.165) is 16.2 Å². The van der Waals surface area contributed by atoms with Crippen LogP contribution in [0.15, 0.2) is 21.9 Å². The topological polar surface area (TPSA) is 42.2 Å². The standard InChI is InChI=1S/C13H15NO2S/c1-8-9(2)16-10(3)12(8)13(15)14-7-11-5-4-6-17-11/h4-6H,7H2,1-3H3,(H,14,15). The number of carbonyl (C=O) groups excluding carboxylic acids is 1. The van der Waals surface area contributed by atoms with Gasteiger partial charge >= 0.3 is 0 Å². The van der Waals surface area contributed by atoms with Gasteiger partial charge in [-0.15, -0.1) is 11.3 Å². The molecule has 3 nitrogen and oxygen atoms in total. The second-order valence-corrected chi connectivity index (χ2v) is 5.01. The molecule has 2 rings (SSSR count). The molecule has 0 aliphatic rings. The monoisotopic (exact) mass is 249 g/mol. The molecule has 0 aromatic carbocycles. The van der Waals surface area contributed by atoms with Crippen molar-refractivity contribution in [2.75, 3.05) is 0 Å². The SMILES string of the molecule is Cc1oc(C)c(C(=O)NCc2cccs2)c1C. The lowest BCUT2D eigenvalue weighted by Gasteiger charge is -2.03. The van der Waals surface area contributed by atoms with Crippen LogP contribution < -0.4 is 5.32 Å². The zero-order valence-corrected chi connectivity index (χ0v) is 11.0. The van der Waals surface area contributed by atoms with Gasteiger partial charge in [-0.05, 0) is 32.2 Å². The summed E-state index contributed by atoms with van der Waals surface area (Å²) in [4.78, 5) is 13.2. The van der Waals surface area contributed by atoms with Crippen molar-refractivity contribution in [1.82, 2.24) is 5.32 Å². The van der Waals surface area contributed by atoms with Crippen LogP contribution in [0.4, 0.5) is 0 Å². The number of furan rings is 1. The minimum absolute atomic E-state index is 0.0646. The predicted molar refractivity (Wildman–Crippen MR) is 68.4 cm³/mol. The normalized spacial score (nSPS) is 10.5. The highest BCUT2D eigenvalue weighted by molar-refractivity contribution is 7.09. The first-order chi connectivity index (χ1) is 8.09. The summed E-state index contributed by atoms with van der Waals surface area (Å²) in [6.45, 7) is 6.17. The largest absolute Gasteiger partial charge is 0.466 e. The van der Waals surface area contributed by atoms with Crippen molar-refractivity contribution in [1.29, 1.82) is 0 Å². The fraction of sp³-hybridized carbons (Fsp3) is 0.308. The molecule has 0 aliphatic carbocycles. The van der Waals surface area contributed by atoms with Gasteiger partial charge in [0, 0.05) is 10.4 Å². The van der Waals surface area contributed by atoms with Crippen LogP contribution in [0.5, 0.6) is 0 Å². The Bertz CT molecular complexity index is 526. The molecule has 0 saturated carbocycles. The molecule has 0 bridgehead atoms. The second-order valence-electron chi connectivity index (χ2n) is 3.98. The molecule has 0 radical (unpaired) electrons. The number of thiophene rings is 1. The average molecular weight is 249 g/mol. The minimum atomic E-state index is -0.0646. The van der Waals surface area contributed by atoms with Crippen molar-refractivity contribution in [2.24, 2.45) is 0 Å². The maximum atomic E-state index is 12.0. The molecule has 2 heterocycles. The Labute approximate surface area is 104 Å². The summed E-state index contributed by atoms with van der Waals surface area (Å²) < 4.78 is 5.45. The quantitative estimate of drug-likeness (QED) is 0.907. The van der Waals surface area contributed by atoms with Crippen molar-refractivity contribution in [3.63, 3.8) is 0 Å². The number of carbonyl (C=O) groups is 1. The molecular weight excluding hydrogens is 234 g/mol. The maximum Gasteiger partial charge on any atom is 0.255 e. The molecule has 90 valence electrons. The van der Waals surface area contributed by atoms with Crippen LogP contribution in [-0.4, -0.2) is 5.91 Å². The summed E-state index contributed by atoms with van der Waals surface area (Å²) in [7, 11) is 0. The third-order valence-corrected chi connectivity index (χ3v) is 3.67. The van der Waals surface area contributed by atoms with E-state index in [9.17, 15) is 4.79 Å². The summed E-state index contributed by atoms with van der Waals surface area (Å²) in [6.07, 6.45) is 0. The van der Waals surface area contributed by atoms with Crippen molar-refractivity contribution < 1.29 is 9.21 Å². The zero-order chi connectivity index (χ0) is 12.4. The first-order valence-corrected chi connectivity index (χ1v) is 6.34. The first-order valence-electron chi connectivity index (χ1n) is 5.46. The smallest absolute Gasteiger partial charge is 0.255 e. The van der Waals surface area contributed by atoms with Crippen LogP contribution >= 0.6 is 11.3 Å². The van der Waals surface area contributed by atoms with Gasteiger partial charge in [0.15, 0.2) is 0 Å². The fourth-order valence-corrected chi connectivity index (χ4v) is 2.44. The van der Waals surface area contributed by atoms with Crippen molar-refractivity contribution in [2.45, 2.75) is 27.3 Å². The lowest BCUT2D eigenvalue weighted by Crippen LogP contribution is -2.23. The summed E-state index contributed by atoms with van der Waals surface area (Å²) in [5.41, 5.74) is 1.59. The molecule has 17 heavy (non-hydrogen) atoms. The van der Waals surface area contributed by atoms with Gasteiger partial charge < -0.3 is 9.73 Å². The van der Waals surface area contributed by atoms with Crippen LogP contribution in [0.1, 0.15) is 32.3 Å². The Kier molecular flexibility index (Phi) is 3.33. The van der Waals surface area contributed by atoms with Crippen LogP contribution in [0.25, 0.3) is 0 Å². The molecule has 0 aliphatic heterocycles. The Balaban J connectivity index is 2.10. The van der Waals surface area contributed by atoms with Gasteiger partial charge in [0.25, 0.3) is 5.91 Å². The van der Waals surface area contributed by atoms with E-state index in [-0.39, 0.29) is 5.91 Å². The van der Waals surface area contributed by atoms with Crippen LogP contribution in [0.2, 0.25) is 0 Å². The average Bonchev–Trinajstić information content (AvgIpc) is 2.86. The molecule has 2 aromatic rings. The number of amides is 1. The Morgan fingerprint density at radius 1 is 1.35 bits per heavy atom. The van der Waals surface area contributed by atoms with E-state index in [1.807, 2.05) is 38.3 Å². The van der Waals surface area contributed by atoms with Crippen LogP contribution in [-0.2, 0) is 6.54 Å². The molecule has 0 saturated heterocycles. The number of nitrogens with one attached hydrogen (secondary N) is 1. The highest BCUT2D eigenvalue weighted by Gasteiger charge is 2.17. The molecule has 0 atom stereocenters. The number of hydrogen-bond donors (Lipinski definition) is 1. The Morgan fingerprint density at radius 2 is 2.12 bits per heavy atom. The van der Waals surface area contributed by atoms with Gasteiger partial charge in [0.1, 0.15) is 11.5 Å². The Hall–Kier alpha value is -1.55. The van der Waals surface area contributed by atoms with Gasteiger partial charge in [0.05, 0.1) is 12.1 Å². The second kappa shape index (κ2) is 4.75. The highest BCUT2D eigenvalue weighted by atomic mass is 32.1. The third kappa shape index (κ3) is 2.42. The van der Waals surface area contributed by atoms with E-state index < -0.39 is 0 Å². The van der Waals surface area contributed by atoms with Gasteiger partial charge in [-0.2, -0.15) is 0 Å². The molecule has 2 aromatic heterocycles. The van der Waals surface area contributed by atoms with E-state index in [4.69, 9.17) is 4.42 Å². The minimum Gasteiger partial charge on any atom is -0.466 e. The van der Waals surface area contributed by atoms with E-state index >= 15 is 0 Å². The van der Waals surface area contributed by atoms with Gasteiger partial charge in [0.2, 0.25) is 0 Å². The zero-order valence-electron chi connectivity index (χ0n) is 10.2. The van der Waals surface area contributed by atoms with Gasteiger partial charge in [-0.25, -0.2) is 0 Å². The molecule has 1 N–H and O–H groups in total. The number of rotatable bonds is 3.